The van der Waals surface area contributed by atoms with E-state index in [1.165, 1.54) is 0 Å². The number of rotatable bonds is 5. The van der Waals surface area contributed by atoms with E-state index in [0.29, 0.717) is 5.95 Å². The van der Waals surface area contributed by atoms with E-state index in [9.17, 15) is 0 Å². The second-order valence-electron chi connectivity index (χ2n) is 14.1. The number of aromatic nitrogens is 6. The third-order valence-electron chi connectivity index (χ3n) is 10.9. The summed E-state index contributed by atoms with van der Waals surface area (Å²) in [4.78, 5) is 16.0. The molecule has 0 saturated heterocycles. The molecule has 0 atom stereocenters. The van der Waals surface area contributed by atoms with Crippen LogP contribution in [-0.4, -0.2) is 28.5 Å². The summed E-state index contributed by atoms with van der Waals surface area (Å²) in [5, 5.41) is 3.27. The van der Waals surface area contributed by atoms with E-state index < -0.39 is 0 Å². The Morgan fingerprint density at radius 2 is 1.07 bits per heavy atom. The lowest BCUT2D eigenvalue weighted by Gasteiger charge is -2.11. The van der Waals surface area contributed by atoms with Crippen molar-refractivity contribution in [3.63, 3.8) is 0 Å². The maximum absolute atomic E-state index is 6.52. The van der Waals surface area contributed by atoms with Crippen molar-refractivity contribution in [1.82, 2.24) is 28.5 Å². The second kappa shape index (κ2) is 11.9. The quantitative estimate of drug-likeness (QED) is 0.178. The van der Waals surface area contributed by atoms with Gasteiger partial charge in [-0.15, -0.1) is 0 Å². The van der Waals surface area contributed by atoms with Crippen LogP contribution >= 0.6 is 0 Å². The monoisotopic (exact) mass is 718 g/mol. The third kappa shape index (κ3) is 4.48. The molecular weight excluding hydrogens is 689 g/mol. The van der Waals surface area contributed by atoms with Gasteiger partial charge in [0.25, 0.3) is 0 Å². The van der Waals surface area contributed by atoms with E-state index in [2.05, 4.69) is 141 Å². The number of hydrogen-bond acceptors (Lipinski definition) is 4. The van der Waals surface area contributed by atoms with E-state index in [0.717, 1.165) is 100 Å². The van der Waals surface area contributed by atoms with Crippen LogP contribution in [0.5, 0.6) is 0 Å². The molecule has 12 rings (SSSR count). The van der Waals surface area contributed by atoms with Crippen molar-refractivity contribution in [2.45, 2.75) is 0 Å². The molecule has 0 N–H and O–H groups in total. The first-order valence-electron chi connectivity index (χ1n) is 18.7. The Labute approximate surface area is 320 Å². The molecule has 7 heteroatoms. The molecule has 56 heavy (non-hydrogen) atoms. The minimum atomic E-state index is 0.560. The van der Waals surface area contributed by atoms with Crippen LogP contribution in [0.15, 0.2) is 186 Å². The summed E-state index contributed by atoms with van der Waals surface area (Å²) in [6.07, 6.45) is 0. The highest BCUT2D eigenvalue weighted by atomic mass is 16.3. The standard InChI is InChI=1S/C49H30N6O/c1-4-15-31(16-5-1)39-30-40(32-17-6-2-7-18-32)51-48(50-39)55-41-25-12-10-22-38(41)45-47(55)52-49-53(34-19-8-3-9-20-34)42-28-27-33(29-43(42)54(45)49)35-23-14-24-37-36-21-11-13-26-44(36)56-46(35)37/h1-30H. The molecule has 0 unspecified atom stereocenters. The van der Waals surface area contributed by atoms with Gasteiger partial charge < -0.3 is 4.42 Å². The van der Waals surface area contributed by atoms with Gasteiger partial charge in [-0.05, 0) is 48.0 Å². The molecule has 0 saturated carbocycles. The van der Waals surface area contributed by atoms with Crippen LogP contribution < -0.4 is 0 Å². The van der Waals surface area contributed by atoms with E-state index in [1.54, 1.807) is 0 Å². The maximum Gasteiger partial charge on any atom is 0.237 e. The average Bonchev–Trinajstić information content (AvgIpc) is 4.00. The molecule has 0 aliphatic heterocycles. The molecule has 0 spiro atoms. The van der Waals surface area contributed by atoms with E-state index in [4.69, 9.17) is 19.4 Å². The second-order valence-corrected chi connectivity index (χ2v) is 14.1. The van der Waals surface area contributed by atoms with Crippen LogP contribution in [0, 0.1) is 0 Å². The summed E-state index contributed by atoms with van der Waals surface area (Å²) in [6.45, 7) is 0. The molecule has 7 aromatic carbocycles. The summed E-state index contributed by atoms with van der Waals surface area (Å²) in [5.41, 5.74) is 13.4. The molecule has 5 heterocycles. The van der Waals surface area contributed by atoms with Gasteiger partial charge in [-0.3, -0.25) is 13.5 Å². The summed E-state index contributed by atoms with van der Waals surface area (Å²) in [5.74, 6) is 1.36. The zero-order valence-corrected chi connectivity index (χ0v) is 29.9. The number of furan rings is 1. The Hall–Kier alpha value is -7.77. The number of para-hydroxylation sites is 4. The maximum atomic E-state index is 6.52. The first-order valence-corrected chi connectivity index (χ1v) is 18.7. The van der Waals surface area contributed by atoms with Gasteiger partial charge in [0, 0.05) is 38.5 Å². The number of imidazole rings is 2. The molecule has 262 valence electrons. The molecule has 0 fully saturated rings. The fourth-order valence-corrected chi connectivity index (χ4v) is 8.38. The Morgan fingerprint density at radius 3 is 1.82 bits per heavy atom. The Kier molecular flexibility index (Phi) is 6.50. The largest absolute Gasteiger partial charge is 0.455 e. The summed E-state index contributed by atoms with van der Waals surface area (Å²) < 4.78 is 13.2. The summed E-state index contributed by atoms with van der Waals surface area (Å²) in [6, 6.07) is 62.9. The Bertz CT molecular complexity index is 3410. The molecule has 0 aliphatic carbocycles. The normalized spacial score (nSPS) is 11.9. The molecule has 0 radical (unpaired) electrons. The van der Waals surface area contributed by atoms with Gasteiger partial charge in [0.2, 0.25) is 11.7 Å². The topological polar surface area (TPSA) is 66.1 Å². The molecule has 7 nitrogen and oxygen atoms in total. The fourth-order valence-electron chi connectivity index (χ4n) is 8.38. The molecule has 5 aromatic heterocycles. The van der Waals surface area contributed by atoms with Gasteiger partial charge in [-0.2, -0.15) is 4.98 Å². The smallest absolute Gasteiger partial charge is 0.237 e. The van der Waals surface area contributed by atoms with Gasteiger partial charge in [-0.25, -0.2) is 9.97 Å². The van der Waals surface area contributed by atoms with Crippen LogP contribution in [0.2, 0.25) is 0 Å². The van der Waals surface area contributed by atoms with Crippen molar-refractivity contribution in [2.75, 3.05) is 0 Å². The van der Waals surface area contributed by atoms with Gasteiger partial charge in [-0.1, -0.05) is 140 Å². The van der Waals surface area contributed by atoms with E-state index in [-0.39, 0.29) is 0 Å². The number of fused-ring (bicyclic) bond motifs is 10. The van der Waals surface area contributed by atoms with Gasteiger partial charge in [0.05, 0.1) is 27.9 Å². The molecule has 12 aromatic rings. The van der Waals surface area contributed by atoms with Gasteiger partial charge in [0.1, 0.15) is 16.7 Å². The van der Waals surface area contributed by atoms with Crippen LogP contribution in [0.25, 0.3) is 106 Å². The highest BCUT2D eigenvalue weighted by Crippen LogP contribution is 2.40. The van der Waals surface area contributed by atoms with Crippen molar-refractivity contribution >= 4 is 60.8 Å². The summed E-state index contributed by atoms with van der Waals surface area (Å²) >= 11 is 0. The Morgan fingerprint density at radius 1 is 0.429 bits per heavy atom. The van der Waals surface area contributed by atoms with Crippen LogP contribution in [0.3, 0.4) is 0 Å². The van der Waals surface area contributed by atoms with Gasteiger partial charge >= 0.3 is 0 Å². The highest BCUT2D eigenvalue weighted by molar-refractivity contribution is 6.11. The molecule has 0 bridgehead atoms. The highest BCUT2D eigenvalue weighted by Gasteiger charge is 2.26. The van der Waals surface area contributed by atoms with Crippen molar-refractivity contribution < 1.29 is 4.42 Å². The lowest BCUT2D eigenvalue weighted by molar-refractivity contribution is 0.670. The number of nitrogens with zero attached hydrogens (tertiary/aromatic N) is 6. The predicted octanol–water partition coefficient (Wildman–Crippen LogP) is 12.1. The zero-order chi connectivity index (χ0) is 36.7. The zero-order valence-electron chi connectivity index (χ0n) is 29.9. The van der Waals surface area contributed by atoms with Crippen LogP contribution in [0.1, 0.15) is 0 Å². The van der Waals surface area contributed by atoms with Crippen molar-refractivity contribution in [2.24, 2.45) is 0 Å². The number of benzene rings is 7. The van der Waals surface area contributed by atoms with Gasteiger partial charge in [0.15, 0.2) is 5.65 Å². The fraction of sp³-hybridized carbons (Fsp3) is 0. The first-order chi connectivity index (χ1) is 27.8. The van der Waals surface area contributed by atoms with Crippen LogP contribution in [-0.2, 0) is 0 Å². The van der Waals surface area contributed by atoms with E-state index in [1.807, 2.05) is 54.6 Å². The lowest BCUT2D eigenvalue weighted by Crippen LogP contribution is -2.04. The average molecular weight is 719 g/mol. The van der Waals surface area contributed by atoms with Crippen molar-refractivity contribution in [3.8, 4) is 45.3 Å². The first kappa shape index (κ1) is 30.7. The third-order valence-corrected chi connectivity index (χ3v) is 10.9. The van der Waals surface area contributed by atoms with E-state index >= 15 is 0 Å². The predicted molar refractivity (Wildman–Crippen MR) is 226 cm³/mol. The Balaban J connectivity index is 1.18. The summed E-state index contributed by atoms with van der Waals surface area (Å²) in [7, 11) is 0. The van der Waals surface area contributed by atoms with Crippen LogP contribution in [0.4, 0.5) is 0 Å². The van der Waals surface area contributed by atoms with Crippen molar-refractivity contribution in [1.29, 1.82) is 0 Å². The molecular formula is C49H30N6O. The molecule has 0 amide bonds. The SMILES string of the molecule is c1ccc(-c2cc(-c3ccccc3)nc(-n3c4ccccc4c4c3nc3n(-c5ccccc5)c5ccc(-c6cccc7c6oc6ccccc67)cc5n43)n2)cc1. The number of hydrogen-bond donors (Lipinski definition) is 0. The van der Waals surface area contributed by atoms with Crippen molar-refractivity contribution in [3.05, 3.63) is 182 Å². The molecule has 0 aliphatic rings. The lowest BCUT2D eigenvalue weighted by atomic mass is 10.0. The minimum Gasteiger partial charge on any atom is -0.455 e. The minimum absolute atomic E-state index is 0.560.